The van der Waals surface area contributed by atoms with Gasteiger partial charge >= 0.3 is 0 Å². The number of carbonyl (C=O) groups excluding carboxylic acids is 2. The van der Waals surface area contributed by atoms with Gasteiger partial charge in [0.1, 0.15) is 0 Å². The van der Waals surface area contributed by atoms with Crippen molar-refractivity contribution < 1.29 is 9.59 Å². The number of nitrogens with two attached hydrogens (primary N) is 1. The van der Waals surface area contributed by atoms with Crippen LogP contribution in [0, 0.1) is 19.8 Å². The summed E-state index contributed by atoms with van der Waals surface area (Å²) in [6, 6.07) is 5.36. The van der Waals surface area contributed by atoms with Gasteiger partial charge in [-0.1, -0.05) is 0 Å². The molecular weight excluding hydrogens is 292 g/mol. The molecule has 1 saturated heterocycles. The molecule has 6 heteroatoms. The summed E-state index contributed by atoms with van der Waals surface area (Å²) in [7, 11) is 1.92. The van der Waals surface area contributed by atoms with Crippen LogP contribution < -0.4 is 11.1 Å². The zero-order valence-electron chi connectivity index (χ0n) is 13.6. The highest BCUT2D eigenvalue weighted by atomic mass is 16.2. The Morgan fingerprint density at radius 1 is 1.30 bits per heavy atom. The van der Waals surface area contributed by atoms with Crippen molar-refractivity contribution in [2.24, 2.45) is 11.7 Å². The number of nitrogens with one attached hydrogen (secondary N) is 2. The number of rotatable bonds is 3. The van der Waals surface area contributed by atoms with Gasteiger partial charge in [-0.25, -0.2) is 0 Å². The lowest BCUT2D eigenvalue weighted by atomic mass is 10.0. The molecule has 23 heavy (non-hydrogen) atoms. The van der Waals surface area contributed by atoms with Gasteiger partial charge in [0.25, 0.3) is 5.91 Å². The fraction of sp³-hybridized carbons (Fsp3) is 0.412. The minimum Gasteiger partial charge on any atom is -0.369 e. The molecule has 1 aromatic carbocycles. The molecule has 1 aromatic heterocycles. The fourth-order valence-electron chi connectivity index (χ4n) is 3.29. The van der Waals surface area contributed by atoms with E-state index in [1.165, 1.54) is 0 Å². The number of H-pyrrole nitrogens is 1. The molecular formula is C17H22N4O2. The lowest BCUT2D eigenvalue weighted by molar-refractivity contribution is -0.121. The van der Waals surface area contributed by atoms with Crippen molar-refractivity contribution in [1.29, 1.82) is 0 Å². The van der Waals surface area contributed by atoms with Crippen LogP contribution in [0.5, 0.6) is 0 Å². The number of hydrogen-bond donors (Lipinski definition) is 3. The van der Waals surface area contributed by atoms with Crippen molar-refractivity contribution in [3.05, 3.63) is 35.0 Å². The van der Waals surface area contributed by atoms with Crippen LogP contribution in [0.15, 0.2) is 18.2 Å². The molecule has 0 bridgehead atoms. The van der Waals surface area contributed by atoms with E-state index >= 15 is 0 Å². The quantitative estimate of drug-likeness (QED) is 0.787. The van der Waals surface area contributed by atoms with Crippen molar-refractivity contribution in [2.45, 2.75) is 19.9 Å². The van der Waals surface area contributed by atoms with E-state index in [1.807, 2.05) is 37.9 Å². The van der Waals surface area contributed by atoms with Crippen molar-refractivity contribution in [2.75, 3.05) is 20.1 Å². The second-order valence-electron chi connectivity index (χ2n) is 6.45. The van der Waals surface area contributed by atoms with Crippen LogP contribution in [0.1, 0.15) is 21.6 Å². The Bertz CT molecular complexity index is 780. The summed E-state index contributed by atoms with van der Waals surface area (Å²) in [6.07, 6.45) is 0. The first-order valence-corrected chi connectivity index (χ1v) is 7.74. The molecule has 4 N–H and O–H groups in total. The first-order chi connectivity index (χ1) is 10.9. The zero-order chi connectivity index (χ0) is 16.7. The Balaban J connectivity index is 1.83. The molecule has 0 saturated carbocycles. The lowest BCUT2D eigenvalue weighted by Crippen LogP contribution is -2.44. The molecule has 122 valence electrons. The Kier molecular flexibility index (Phi) is 3.85. The molecule has 2 amide bonds. The van der Waals surface area contributed by atoms with E-state index in [-0.39, 0.29) is 23.8 Å². The minimum atomic E-state index is -0.368. The zero-order valence-corrected chi connectivity index (χ0v) is 13.6. The molecule has 0 spiro atoms. The number of primary amides is 1. The highest BCUT2D eigenvalue weighted by Crippen LogP contribution is 2.23. The molecule has 2 aromatic rings. The number of fused-ring (bicyclic) bond motifs is 1. The Labute approximate surface area is 135 Å². The summed E-state index contributed by atoms with van der Waals surface area (Å²) in [5.74, 6) is -0.882. The van der Waals surface area contributed by atoms with Gasteiger partial charge in [-0.2, -0.15) is 0 Å². The number of aromatic amines is 1. The van der Waals surface area contributed by atoms with Gasteiger partial charge in [0, 0.05) is 35.2 Å². The van der Waals surface area contributed by atoms with Gasteiger partial charge in [-0.3, -0.25) is 9.59 Å². The van der Waals surface area contributed by atoms with Gasteiger partial charge in [0.2, 0.25) is 5.91 Å². The summed E-state index contributed by atoms with van der Waals surface area (Å²) in [4.78, 5) is 29.4. The second kappa shape index (κ2) is 5.70. The number of likely N-dealkylation sites (N-methyl/N-ethyl adjacent to an activating group) is 1. The van der Waals surface area contributed by atoms with Crippen LogP contribution in [-0.2, 0) is 4.79 Å². The SMILES string of the molecule is Cc1[nH]c2ccc(C(=O)N[C@H]3CN(C)C[C@H]3C(N)=O)cc2c1C. The maximum atomic E-state index is 12.5. The third-order valence-electron chi connectivity index (χ3n) is 4.75. The van der Waals surface area contributed by atoms with E-state index in [0.717, 1.165) is 22.2 Å². The standard InChI is InChI=1S/C17H22N4O2/c1-9-10(2)19-14-5-4-11(6-12(9)14)17(23)20-15-8-21(3)7-13(15)16(18)22/h4-6,13,15,19H,7-8H2,1-3H3,(H2,18,22)(H,20,23)/t13-,15+/m1/s1. The maximum Gasteiger partial charge on any atom is 0.251 e. The van der Waals surface area contributed by atoms with E-state index in [9.17, 15) is 9.59 Å². The average molecular weight is 314 g/mol. The van der Waals surface area contributed by atoms with Crippen LogP contribution in [-0.4, -0.2) is 47.9 Å². The second-order valence-corrected chi connectivity index (χ2v) is 6.45. The first-order valence-electron chi connectivity index (χ1n) is 7.74. The Morgan fingerprint density at radius 3 is 2.74 bits per heavy atom. The smallest absolute Gasteiger partial charge is 0.251 e. The third-order valence-corrected chi connectivity index (χ3v) is 4.75. The molecule has 1 aliphatic rings. The van der Waals surface area contributed by atoms with E-state index in [0.29, 0.717) is 18.7 Å². The summed E-state index contributed by atoms with van der Waals surface area (Å²) >= 11 is 0. The van der Waals surface area contributed by atoms with Gasteiger partial charge < -0.3 is 20.9 Å². The maximum absolute atomic E-state index is 12.5. The number of hydrogen-bond acceptors (Lipinski definition) is 3. The topological polar surface area (TPSA) is 91.2 Å². The predicted octanol–water partition coefficient (Wildman–Crippen LogP) is 0.930. The van der Waals surface area contributed by atoms with E-state index in [4.69, 9.17) is 5.73 Å². The van der Waals surface area contributed by atoms with Gasteiger partial charge in [0.15, 0.2) is 0 Å². The van der Waals surface area contributed by atoms with Crippen LogP contribution in [0.3, 0.4) is 0 Å². The summed E-state index contributed by atoms with van der Waals surface area (Å²) in [5.41, 5.74) is 9.30. The van der Waals surface area contributed by atoms with Crippen LogP contribution in [0.4, 0.5) is 0 Å². The summed E-state index contributed by atoms with van der Waals surface area (Å²) in [5, 5.41) is 4.00. The van der Waals surface area contributed by atoms with Crippen LogP contribution in [0.25, 0.3) is 10.9 Å². The number of aromatic nitrogens is 1. The normalized spacial score (nSPS) is 21.7. The number of likely N-dealkylation sites (tertiary alicyclic amines) is 1. The number of carbonyl (C=O) groups is 2. The predicted molar refractivity (Wildman–Crippen MR) is 89.2 cm³/mol. The van der Waals surface area contributed by atoms with E-state index in [1.54, 1.807) is 6.07 Å². The number of nitrogens with zero attached hydrogens (tertiary/aromatic N) is 1. The van der Waals surface area contributed by atoms with Gasteiger partial charge in [-0.05, 0) is 44.7 Å². The summed E-state index contributed by atoms with van der Waals surface area (Å²) < 4.78 is 0. The fourth-order valence-corrected chi connectivity index (χ4v) is 3.29. The molecule has 0 radical (unpaired) electrons. The lowest BCUT2D eigenvalue weighted by Gasteiger charge is -2.17. The Morgan fingerprint density at radius 2 is 2.04 bits per heavy atom. The largest absolute Gasteiger partial charge is 0.369 e. The van der Waals surface area contributed by atoms with Crippen molar-refractivity contribution >= 4 is 22.7 Å². The average Bonchev–Trinajstić information content (AvgIpc) is 3.00. The van der Waals surface area contributed by atoms with Crippen LogP contribution in [0.2, 0.25) is 0 Å². The molecule has 3 rings (SSSR count). The van der Waals surface area contributed by atoms with E-state index < -0.39 is 0 Å². The van der Waals surface area contributed by atoms with Crippen molar-refractivity contribution in [3.8, 4) is 0 Å². The molecule has 2 atom stereocenters. The molecule has 1 fully saturated rings. The van der Waals surface area contributed by atoms with Gasteiger partial charge in [0.05, 0.1) is 12.0 Å². The third kappa shape index (κ3) is 2.82. The molecule has 1 aliphatic heterocycles. The number of benzene rings is 1. The molecule has 0 unspecified atom stereocenters. The van der Waals surface area contributed by atoms with Gasteiger partial charge in [-0.15, -0.1) is 0 Å². The summed E-state index contributed by atoms with van der Waals surface area (Å²) in [6.45, 7) is 5.26. The highest BCUT2D eigenvalue weighted by molar-refractivity contribution is 5.99. The first kappa shape index (κ1) is 15.6. The van der Waals surface area contributed by atoms with E-state index in [2.05, 4.69) is 10.3 Å². The monoisotopic (exact) mass is 314 g/mol. The minimum absolute atomic E-state index is 0.170. The Hall–Kier alpha value is -2.34. The molecule has 6 nitrogen and oxygen atoms in total. The molecule has 2 heterocycles. The number of amides is 2. The highest BCUT2D eigenvalue weighted by Gasteiger charge is 2.35. The number of aryl methyl sites for hydroxylation is 2. The van der Waals surface area contributed by atoms with Crippen molar-refractivity contribution in [3.63, 3.8) is 0 Å². The van der Waals surface area contributed by atoms with Crippen LogP contribution >= 0.6 is 0 Å². The molecule has 0 aliphatic carbocycles. The van der Waals surface area contributed by atoms with Crippen molar-refractivity contribution in [1.82, 2.24) is 15.2 Å².